The van der Waals surface area contributed by atoms with Crippen molar-refractivity contribution in [3.8, 4) is 0 Å². The van der Waals surface area contributed by atoms with Gasteiger partial charge in [-0.25, -0.2) is 0 Å². The molecular weight excluding hydrogens is 110 g/mol. The standard InChI is InChI=1S/C8H13N/c9-5-8-4-6-1-2-7(8)3-6/h6H,1-5,9H2. The molecule has 0 saturated heterocycles. The molecule has 1 saturated carbocycles. The zero-order chi connectivity index (χ0) is 6.27. The molecule has 1 nitrogen and oxygen atoms in total. The Labute approximate surface area is 55.9 Å². The van der Waals surface area contributed by atoms with E-state index in [-0.39, 0.29) is 0 Å². The van der Waals surface area contributed by atoms with Gasteiger partial charge >= 0.3 is 0 Å². The Kier molecular flexibility index (Phi) is 1.12. The van der Waals surface area contributed by atoms with E-state index in [1.54, 1.807) is 11.1 Å². The van der Waals surface area contributed by atoms with E-state index in [2.05, 4.69) is 0 Å². The number of hydrogen-bond acceptors (Lipinski definition) is 1. The van der Waals surface area contributed by atoms with Gasteiger partial charge in [0.15, 0.2) is 0 Å². The fourth-order valence-electron chi connectivity index (χ4n) is 2.15. The summed E-state index contributed by atoms with van der Waals surface area (Å²) in [7, 11) is 0. The largest absolute Gasteiger partial charge is 0.327 e. The topological polar surface area (TPSA) is 26.0 Å². The number of fused-ring (bicyclic) bond motifs is 2. The third-order valence-corrected chi connectivity index (χ3v) is 2.67. The van der Waals surface area contributed by atoms with E-state index in [0.717, 1.165) is 12.5 Å². The molecule has 1 unspecified atom stereocenters. The van der Waals surface area contributed by atoms with Crippen LogP contribution >= 0.6 is 0 Å². The summed E-state index contributed by atoms with van der Waals surface area (Å²) in [4.78, 5) is 0. The molecule has 0 radical (unpaired) electrons. The first kappa shape index (κ1) is 5.48. The van der Waals surface area contributed by atoms with Gasteiger partial charge in [0, 0.05) is 6.54 Å². The molecule has 0 aromatic heterocycles. The third kappa shape index (κ3) is 0.715. The Bertz CT molecular complexity index is 158. The third-order valence-electron chi connectivity index (χ3n) is 2.67. The van der Waals surface area contributed by atoms with Gasteiger partial charge in [-0.15, -0.1) is 0 Å². The van der Waals surface area contributed by atoms with Crippen LogP contribution in [0.3, 0.4) is 0 Å². The number of allylic oxidation sites excluding steroid dienone is 1. The second-order valence-electron chi connectivity index (χ2n) is 3.22. The predicted molar refractivity (Wildman–Crippen MR) is 38.0 cm³/mol. The van der Waals surface area contributed by atoms with E-state index in [1.165, 1.54) is 25.7 Å². The molecule has 2 bridgehead atoms. The maximum Gasteiger partial charge on any atom is 0.0139 e. The Morgan fingerprint density at radius 2 is 2.33 bits per heavy atom. The van der Waals surface area contributed by atoms with Gasteiger partial charge in [-0.1, -0.05) is 11.1 Å². The van der Waals surface area contributed by atoms with Crippen LogP contribution in [0.5, 0.6) is 0 Å². The van der Waals surface area contributed by atoms with Gasteiger partial charge in [0.25, 0.3) is 0 Å². The van der Waals surface area contributed by atoms with Crippen LogP contribution in [0.25, 0.3) is 0 Å². The number of hydrogen-bond donors (Lipinski definition) is 1. The molecule has 1 heteroatoms. The Morgan fingerprint density at radius 1 is 1.44 bits per heavy atom. The molecule has 2 aliphatic rings. The van der Waals surface area contributed by atoms with Gasteiger partial charge < -0.3 is 5.73 Å². The van der Waals surface area contributed by atoms with Crippen molar-refractivity contribution >= 4 is 0 Å². The zero-order valence-corrected chi connectivity index (χ0v) is 5.69. The van der Waals surface area contributed by atoms with Crippen LogP contribution in [0.1, 0.15) is 25.7 Å². The maximum atomic E-state index is 5.56. The van der Waals surface area contributed by atoms with Crippen LogP contribution in [0.15, 0.2) is 11.1 Å². The summed E-state index contributed by atoms with van der Waals surface area (Å²) in [5.41, 5.74) is 8.83. The van der Waals surface area contributed by atoms with Gasteiger partial charge in [0.2, 0.25) is 0 Å². The molecule has 0 spiro atoms. The quantitative estimate of drug-likeness (QED) is 0.525. The average molecular weight is 123 g/mol. The van der Waals surface area contributed by atoms with Crippen LogP contribution in [0.2, 0.25) is 0 Å². The highest BCUT2D eigenvalue weighted by molar-refractivity contribution is 5.26. The second kappa shape index (κ2) is 1.84. The lowest BCUT2D eigenvalue weighted by atomic mass is 9.99. The molecule has 0 heterocycles. The fraction of sp³-hybridized carbons (Fsp3) is 0.750. The average Bonchev–Trinajstić information content (AvgIpc) is 2.45. The molecule has 0 amide bonds. The monoisotopic (exact) mass is 123 g/mol. The molecule has 9 heavy (non-hydrogen) atoms. The van der Waals surface area contributed by atoms with Crippen molar-refractivity contribution in [2.75, 3.05) is 6.54 Å². The van der Waals surface area contributed by atoms with Gasteiger partial charge in [-0.05, 0) is 31.6 Å². The Balaban J connectivity index is 2.22. The number of rotatable bonds is 1. The van der Waals surface area contributed by atoms with E-state index in [1.807, 2.05) is 0 Å². The lowest BCUT2D eigenvalue weighted by Gasteiger charge is -2.08. The van der Waals surface area contributed by atoms with Gasteiger partial charge in [0.05, 0.1) is 0 Å². The van der Waals surface area contributed by atoms with Gasteiger partial charge in [0.1, 0.15) is 0 Å². The minimum Gasteiger partial charge on any atom is -0.327 e. The van der Waals surface area contributed by atoms with E-state index in [0.29, 0.717) is 0 Å². The Hall–Kier alpha value is -0.300. The summed E-state index contributed by atoms with van der Waals surface area (Å²) in [6.45, 7) is 0.825. The normalized spacial score (nSPS) is 32.3. The highest BCUT2D eigenvalue weighted by Gasteiger charge is 2.28. The molecule has 2 rings (SSSR count). The lowest BCUT2D eigenvalue weighted by molar-refractivity contribution is 0.559. The van der Waals surface area contributed by atoms with Crippen LogP contribution in [-0.4, -0.2) is 6.54 Å². The van der Waals surface area contributed by atoms with Crippen molar-refractivity contribution in [1.82, 2.24) is 0 Å². The second-order valence-corrected chi connectivity index (χ2v) is 3.22. The van der Waals surface area contributed by atoms with Crippen molar-refractivity contribution in [1.29, 1.82) is 0 Å². The van der Waals surface area contributed by atoms with Crippen LogP contribution < -0.4 is 5.73 Å². The molecule has 2 aliphatic carbocycles. The van der Waals surface area contributed by atoms with Crippen LogP contribution in [0, 0.1) is 5.92 Å². The summed E-state index contributed by atoms with van der Waals surface area (Å²) in [6, 6.07) is 0. The van der Waals surface area contributed by atoms with Gasteiger partial charge in [-0.3, -0.25) is 0 Å². The van der Waals surface area contributed by atoms with E-state index in [9.17, 15) is 0 Å². The van der Waals surface area contributed by atoms with Crippen molar-refractivity contribution in [2.24, 2.45) is 11.7 Å². The summed E-state index contributed by atoms with van der Waals surface area (Å²) in [5.74, 6) is 0.999. The van der Waals surface area contributed by atoms with Crippen LogP contribution in [0.4, 0.5) is 0 Å². The van der Waals surface area contributed by atoms with Crippen molar-refractivity contribution in [2.45, 2.75) is 25.7 Å². The minimum absolute atomic E-state index is 0.825. The van der Waals surface area contributed by atoms with E-state index >= 15 is 0 Å². The SMILES string of the molecule is NCC1=C2CCC(C1)C2. The maximum absolute atomic E-state index is 5.56. The summed E-state index contributed by atoms with van der Waals surface area (Å²) in [5, 5.41) is 0. The molecule has 1 fully saturated rings. The van der Waals surface area contributed by atoms with Gasteiger partial charge in [-0.2, -0.15) is 0 Å². The van der Waals surface area contributed by atoms with E-state index in [4.69, 9.17) is 5.73 Å². The smallest absolute Gasteiger partial charge is 0.0139 e. The molecule has 50 valence electrons. The fourth-order valence-corrected chi connectivity index (χ4v) is 2.15. The molecule has 0 aliphatic heterocycles. The molecule has 0 aromatic carbocycles. The van der Waals surface area contributed by atoms with Crippen molar-refractivity contribution in [3.05, 3.63) is 11.1 Å². The summed E-state index contributed by atoms with van der Waals surface area (Å²) >= 11 is 0. The summed E-state index contributed by atoms with van der Waals surface area (Å²) < 4.78 is 0. The Morgan fingerprint density at radius 3 is 2.67 bits per heavy atom. The number of nitrogens with two attached hydrogens (primary N) is 1. The summed E-state index contributed by atoms with van der Waals surface area (Å²) in [6.07, 6.45) is 5.51. The molecule has 2 N–H and O–H groups in total. The highest BCUT2D eigenvalue weighted by Crippen LogP contribution is 2.43. The van der Waals surface area contributed by atoms with Crippen molar-refractivity contribution in [3.63, 3.8) is 0 Å². The van der Waals surface area contributed by atoms with E-state index < -0.39 is 0 Å². The van der Waals surface area contributed by atoms with Crippen molar-refractivity contribution < 1.29 is 0 Å². The zero-order valence-electron chi connectivity index (χ0n) is 5.69. The first-order valence-corrected chi connectivity index (χ1v) is 3.80. The van der Waals surface area contributed by atoms with Crippen LogP contribution in [-0.2, 0) is 0 Å². The highest BCUT2D eigenvalue weighted by atomic mass is 14.5. The molecular formula is C8H13N. The molecule has 1 atom stereocenters. The predicted octanol–water partition coefficient (Wildman–Crippen LogP) is 1.45. The first-order valence-electron chi connectivity index (χ1n) is 3.80. The first-order chi connectivity index (χ1) is 4.40. The lowest BCUT2D eigenvalue weighted by Crippen LogP contribution is -2.06. The minimum atomic E-state index is 0.825. The molecule has 0 aromatic rings.